The number of furan rings is 1. The molecule has 5 heterocycles. The highest BCUT2D eigenvalue weighted by molar-refractivity contribution is 5.91. The van der Waals surface area contributed by atoms with Gasteiger partial charge in [0.2, 0.25) is 11.8 Å². The predicted molar refractivity (Wildman–Crippen MR) is 113 cm³/mol. The number of nitrogens with one attached hydrogen (secondary N) is 1. The van der Waals surface area contributed by atoms with E-state index >= 15 is 0 Å². The van der Waals surface area contributed by atoms with E-state index < -0.39 is 0 Å². The van der Waals surface area contributed by atoms with Gasteiger partial charge in [-0.3, -0.25) is 4.79 Å². The molecule has 1 N–H and O–H groups in total. The van der Waals surface area contributed by atoms with Crippen LogP contribution in [0.25, 0.3) is 11.3 Å². The molecule has 1 aromatic heterocycles. The number of carbonyl (C=O) groups excluding carboxylic acids is 2. The van der Waals surface area contributed by atoms with Crippen molar-refractivity contribution in [3.8, 4) is 11.3 Å². The molecule has 4 aliphatic rings. The van der Waals surface area contributed by atoms with E-state index in [1.807, 2.05) is 43.3 Å². The number of piperidine rings is 3. The quantitative estimate of drug-likeness (QED) is 0.809. The Hall–Kier alpha value is -2.80. The molecule has 2 aromatic rings. The SMILES string of the molecule is CCC(=O)Nc1cccc(-c2ccc(N3CC(C4CN5CCC4CC5)OC3=O)o2)c1. The van der Waals surface area contributed by atoms with Crippen LogP contribution in [-0.2, 0) is 9.53 Å². The third-order valence-corrected chi connectivity index (χ3v) is 6.63. The Balaban J connectivity index is 1.30. The zero-order valence-corrected chi connectivity index (χ0v) is 17.2. The molecule has 4 aliphatic heterocycles. The number of amides is 2. The summed E-state index contributed by atoms with van der Waals surface area (Å²) in [6, 6.07) is 11.2. The molecule has 4 saturated heterocycles. The molecule has 0 aliphatic carbocycles. The van der Waals surface area contributed by atoms with Gasteiger partial charge in [-0.15, -0.1) is 0 Å². The first-order valence-electron chi connectivity index (χ1n) is 10.8. The van der Waals surface area contributed by atoms with Gasteiger partial charge < -0.3 is 19.4 Å². The van der Waals surface area contributed by atoms with Crippen molar-refractivity contribution >= 4 is 23.6 Å². The largest absolute Gasteiger partial charge is 0.444 e. The van der Waals surface area contributed by atoms with Gasteiger partial charge in [-0.25, -0.2) is 9.69 Å². The predicted octanol–water partition coefficient (Wildman–Crippen LogP) is 3.96. The van der Waals surface area contributed by atoms with E-state index in [1.165, 1.54) is 25.9 Å². The highest BCUT2D eigenvalue weighted by Gasteiger charge is 2.45. The van der Waals surface area contributed by atoms with Gasteiger partial charge in [0.15, 0.2) is 0 Å². The molecule has 7 heteroatoms. The maximum Gasteiger partial charge on any atom is 0.417 e. The fraction of sp³-hybridized carbons (Fsp3) is 0.478. The van der Waals surface area contributed by atoms with E-state index in [9.17, 15) is 9.59 Å². The maximum atomic E-state index is 12.6. The summed E-state index contributed by atoms with van der Waals surface area (Å²) >= 11 is 0. The Morgan fingerprint density at radius 2 is 2.00 bits per heavy atom. The second kappa shape index (κ2) is 7.80. The average molecular weight is 409 g/mol. The van der Waals surface area contributed by atoms with Gasteiger partial charge in [-0.1, -0.05) is 19.1 Å². The molecule has 1 aromatic carbocycles. The molecule has 2 amide bonds. The van der Waals surface area contributed by atoms with Crippen molar-refractivity contribution < 1.29 is 18.7 Å². The lowest BCUT2D eigenvalue weighted by Gasteiger charge is -2.46. The lowest BCUT2D eigenvalue weighted by molar-refractivity contribution is -0.115. The summed E-state index contributed by atoms with van der Waals surface area (Å²) in [6.45, 7) is 5.72. The summed E-state index contributed by atoms with van der Waals surface area (Å²) in [5.74, 6) is 2.18. The molecular formula is C23H27N3O4. The number of nitrogens with zero attached hydrogens (tertiary/aromatic N) is 2. The minimum Gasteiger partial charge on any atom is -0.444 e. The van der Waals surface area contributed by atoms with Crippen molar-refractivity contribution in [3.05, 3.63) is 36.4 Å². The molecular weight excluding hydrogens is 382 g/mol. The van der Waals surface area contributed by atoms with Gasteiger partial charge in [0.1, 0.15) is 11.9 Å². The fourth-order valence-electron chi connectivity index (χ4n) is 4.95. The smallest absolute Gasteiger partial charge is 0.417 e. The van der Waals surface area contributed by atoms with Gasteiger partial charge in [-0.2, -0.15) is 0 Å². The Labute approximate surface area is 176 Å². The molecule has 30 heavy (non-hydrogen) atoms. The normalized spacial score (nSPS) is 27.9. The molecule has 7 nitrogen and oxygen atoms in total. The van der Waals surface area contributed by atoms with Gasteiger partial charge in [-0.05, 0) is 50.0 Å². The topological polar surface area (TPSA) is 75.0 Å². The molecule has 6 rings (SSSR count). The summed E-state index contributed by atoms with van der Waals surface area (Å²) in [5, 5.41) is 2.86. The van der Waals surface area contributed by atoms with Crippen molar-refractivity contribution in [2.75, 3.05) is 36.4 Å². The van der Waals surface area contributed by atoms with Gasteiger partial charge in [0.05, 0.1) is 6.54 Å². The molecule has 158 valence electrons. The third kappa shape index (κ3) is 3.58. The van der Waals surface area contributed by atoms with E-state index in [4.69, 9.17) is 9.15 Å². The first-order valence-corrected chi connectivity index (χ1v) is 10.8. The zero-order chi connectivity index (χ0) is 20.7. The Morgan fingerprint density at radius 3 is 2.73 bits per heavy atom. The van der Waals surface area contributed by atoms with E-state index in [-0.39, 0.29) is 18.1 Å². The minimum absolute atomic E-state index is 0.0362. The van der Waals surface area contributed by atoms with Crippen LogP contribution in [0, 0.1) is 11.8 Å². The monoisotopic (exact) mass is 409 g/mol. The van der Waals surface area contributed by atoms with Crippen LogP contribution in [0.5, 0.6) is 0 Å². The number of ether oxygens (including phenoxy) is 1. The summed E-state index contributed by atoms with van der Waals surface area (Å²) in [4.78, 5) is 28.3. The number of benzene rings is 1. The molecule has 0 saturated carbocycles. The molecule has 2 bridgehead atoms. The number of fused-ring (bicyclic) bond motifs is 3. The summed E-state index contributed by atoms with van der Waals surface area (Å²) in [5.41, 5.74) is 1.57. The number of carbonyl (C=O) groups is 2. The zero-order valence-electron chi connectivity index (χ0n) is 17.2. The molecule has 0 spiro atoms. The Kier molecular flexibility index (Phi) is 4.98. The standard InChI is InChI=1S/C23H27N3O4/c1-2-21(27)24-17-5-3-4-16(12-17)19-6-7-22(29-19)26-14-20(30-23(26)28)18-13-25-10-8-15(18)9-11-25/h3-7,12,15,18,20H,2,8-11,13-14H2,1H3,(H,24,27). The molecule has 2 atom stereocenters. The second-order valence-corrected chi connectivity index (χ2v) is 8.46. The van der Waals surface area contributed by atoms with Crippen molar-refractivity contribution in [2.24, 2.45) is 11.8 Å². The van der Waals surface area contributed by atoms with E-state index in [0.717, 1.165) is 17.8 Å². The van der Waals surface area contributed by atoms with Crippen LogP contribution in [0.4, 0.5) is 16.4 Å². The van der Waals surface area contributed by atoms with Crippen molar-refractivity contribution in [3.63, 3.8) is 0 Å². The van der Waals surface area contributed by atoms with Crippen LogP contribution in [0.2, 0.25) is 0 Å². The summed E-state index contributed by atoms with van der Waals surface area (Å²) in [7, 11) is 0. The highest BCUT2D eigenvalue weighted by Crippen LogP contribution is 2.39. The van der Waals surface area contributed by atoms with E-state index in [1.54, 1.807) is 4.90 Å². The Morgan fingerprint density at radius 1 is 1.17 bits per heavy atom. The maximum absolute atomic E-state index is 12.6. The third-order valence-electron chi connectivity index (χ3n) is 6.63. The lowest BCUT2D eigenvalue weighted by Crippen LogP contribution is -2.52. The number of anilines is 2. The number of hydrogen-bond acceptors (Lipinski definition) is 5. The second-order valence-electron chi connectivity index (χ2n) is 8.46. The first-order chi connectivity index (χ1) is 14.6. The fourth-order valence-corrected chi connectivity index (χ4v) is 4.95. The van der Waals surface area contributed by atoms with Crippen LogP contribution in [0.15, 0.2) is 40.8 Å². The average Bonchev–Trinajstić information content (AvgIpc) is 3.41. The highest BCUT2D eigenvalue weighted by atomic mass is 16.6. The van der Waals surface area contributed by atoms with Crippen molar-refractivity contribution in [1.82, 2.24) is 4.90 Å². The van der Waals surface area contributed by atoms with Gasteiger partial charge in [0.25, 0.3) is 0 Å². The molecule has 2 unspecified atom stereocenters. The van der Waals surface area contributed by atoms with E-state index in [2.05, 4.69) is 10.2 Å². The van der Waals surface area contributed by atoms with Crippen LogP contribution in [0.1, 0.15) is 26.2 Å². The van der Waals surface area contributed by atoms with Gasteiger partial charge >= 0.3 is 6.09 Å². The van der Waals surface area contributed by atoms with Crippen molar-refractivity contribution in [1.29, 1.82) is 0 Å². The minimum atomic E-state index is -0.332. The van der Waals surface area contributed by atoms with E-state index in [0.29, 0.717) is 36.4 Å². The first kappa shape index (κ1) is 19.2. The molecule has 0 radical (unpaired) electrons. The summed E-state index contributed by atoms with van der Waals surface area (Å²) < 4.78 is 11.8. The van der Waals surface area contributed by atoms with Gasteiger partial charge in [0, 0.05) is 36.2 Å². The molecule has 4 fully saturated rings. The van der Waals surface area contributed by atoms with Crippen LogP contribution < -0.4 is 10.2 Å². The van der Waals surface area contributed by atoms with Crippen LogP contribution in [0.3, 0.4) is 0 Å². The number of rotatable bonds is 5. The number of cyclic esters (lactones) is 1. The lowest BCUT2D eigenvalue weighted by atomic mass is 9.76. The number of hydrogen-bond donors (Lipinski definition) is 1. The van der Waals surface area contributed by atoms with Crippen molar-refractivity contribution in [2.45, 2.75) is 32.3 Å². The Bertz CT molecular complexity index is 947. The van der Waals surface area contributed by atoms with Crippen LogP contribution in [-0.4, -0.2) is 49.2 Å². The summed E-state index contributed by atoms with van der Waals surface area (Å²) in [6.07, 6.45) is 2.42. The van der Waals surface area contributed by atoms with Crippen LogP contribution >= 0.6 is 0 Å².